The maximum Gasteiger partial charge on any atom is 0.0863 e. The molecule has 0 aliphatic heterocycles. The smallest absolute Gasteiger partial charge is 0.0863 e. The molecule has 0 N–H and O–H groups in total. The Balaban J connectivity index is 3.47. The van der Waals surface area contributed by atoms with Crippen LogP contribution in [0.15, 0.2) is 101 Å². The number of likely N-dealkylation sites (N-methyl/N-ethyl adjacent to an activating group) is 1. The maximum absolute atomic E-state index is 5.10. The Kier molecular flexibility index (Phi) is 11.1. The normalized spacial score (nSPS) is 13.3. The van der Waals surface area contributed by atoms with E-state index in [4.69, 9.17) is 4.99 Å². The van der Waals surface area contributed by atoms with Crippen molar-refractivity contribution in [1.29, 1.82) is 0 Å². The number of hydrogen-bond acceptors (Lipinski definition) is 2. The first kappa shape index (κ1) is 28.2. The van der Waals surface area contributed by atoms with Gasteiger partial charge in [-0.2, -0.15) is 0 Å². The SMILES string of the molecule is C=C(C)/C=C/C=C(/N=C(CC)c1ccc(C(C)(C)C)cc1)C(=C)N(C)/C(=C/C=C(C)C)CC. The van der Waals surface area contributed by atoms with Crippen molar-refractivity contribution in [3.05, 3.63) is 107 Å². The van der Waals surface area contributed by atoms with Crippen molar-refractivity contribution in [3.63, 3.8) is 0 Å². The summed E-state index contributed by atoms with van der Waals surface area (Å²) in [5.41, 5.74) is 8.83. The lowest BCUT2D eigenvalue weighted by Crippen LogP contribution is -2.18. The lowest BCUT2D eigenvalue weighted by molar-refractivity contribution is 0.510. The molecule has 0 bridgehead atoms. The highest BCUT2D eigenvalue weighted by atomic mass is 15.1. The molecule has 0 aliphatic carbocycles. The van der Waals surface area contributed by atoms with E-state index in [1.807, 2.05) is 25.2 Å². The van der Waals surface area contributed by atoms with Crippen LogP contribution in [-0.2, 0) is 5.41 Å². The molecular weight excluding hydrogens is 400 g/mol. The third-order valence-corrected chi connectivity index (χ3v) is 5.41. The summed E-state index contributed by atoms with van der Waals surface area (Å²) in [4.78, 5) is 7.24. The molecule has 0 spiro atoms. The van der Waals surface area contributed by atoms with Gasteiger partial charge < -0.3 is 4.90 Å². The fourth-order valence-corrected chi connectivity index (χ4v) is 3.23. The van der Waals surface area contributed by atoms with Crippen LogP contribution in [-0.4, -0.2) is 17.7 Å². The molecule has 0 saturated heterocycles. The molecule has 0 fully saturated rings. The van der Waals surface area contributed by atoms with E-state index in [-0.39, 0.29) is 5.41 Å². The molecule has 1 aromatic rings. The number of benzene rings is 1. The Morgan fingerprint density at radius 1 is 0.939 bits per heavy atom. The van der Waals surface area contributed by atoms with Crippen LogP contribution < -0.4 is 0 Å². The molecule has 33 heavy (non-hydrogen) atoms. The van der Waals surface area contributed by atoms with Crippen molar-refractivity contribution >= 4 is 5.71 Å². The van der Waals surface area contributed by atoms with Crippen LogP contribution in [0.4, 0.5) is 0 Å². The first-order valence-corrected chi connectivity index (χ1v) is 11.9. The zero-order chi connectivity index (χ0) is 25.2. The van der Waals surface area contributed by atoms with Gasteiger partial charge in [0.05, 0.1) is 11.4 Å². The second-order valence-corrected chi connectivity index (χ2v) is 9.76. The summed E-state index contributed by atoms with van der Waals surface area (Å²) in [7, 11) is 2.06. The zero-order valence-corrected chi connectivity index (χ0v) is 22.4. The van der Waals surface area contributed by atoms with Crippen molar-refractivity contribution in [2.75, 3.05) is 7.05 Å². The molecule has 0 saturated carbocycles. The highest BCUT2D eigenvalue weighted by Gasteiger charge is 2.15. The Labute approximate surface area is 203 Å². The summed E-state index contributed by atoms with van der Waals surface area (Å²) >= 11 is 0. The minimum Gasteiger partial charge on any atom is -0.347 e. The van der Waals surface area contributed by atoms with Gasteiger partial charge in [-0.15, -0.1) is 0 Å². The van der Waals surface area contributed by atoms with Crippen LogP contribution in [0.1, 0.15) is 79.4 Å². The summed E-state index contributed by atoms with van der Waals surface area (Å²) in [6, 6.07) is 8.79. The van der Waals surface area contributed by atoms with Gasteiger partial charge in [0.15, 0.2) is 0 Å². The quantitative estimate of drug-likeness (QED) is 0.260. The summed E-state index contributed by atoms with van der Waals surface area (Å²) in [5, 5.41) is 0. The predicted octanol–water partition coefficient (Wildman–Crippen LogP) is 8.91. The van der Waals surface area contributed by atoms with E-state index in [2.05, 4.69) is 110 Å². The summed E-state index contributed by atoms with van der Waals surface area (Å²) < 4.78 is 0. The van der Waals surface area contributed by atoms with Crippen molar-refractivity contribution in [2.45, 2.75) is 73.6 Å². The van der Waals surface area contributed by atoms with Gasteiger partial charge in [-0.3, -0.25) is 4.99 Å². The summed E-state index contributed by atoms with van der Waals surface area (Å²) in [6.45, 7) is 25.6. The standard InChI is InChI=1S/C31H44N2/c1-12-28(22-17-24(5)6)33(11)25(7)30(16-14-15-23(3)4)32-29(13-2)26-18-20-27(21-19-26)31(8,9)10/h14-22H,3,7,12-13H2,1-2,4-6,8-11H3/b15-14+,28-22+,30-16+,32-29?. The molecule has 178 valence electrons. The molecule has 0 aromatic heterocycles. The largest absolute Gasteiger partial charge is 0.347 e. The molecule has 1 rings (SSSR count). The summed E-state index contributed by atoms with van der Waals surface area (Å²) in [5.74, 6) is 0. The van der Waals surface area contributed by atoms with Gasteiger partial charge in [-0.05, 0) is 62.3 Å². The number of aliphatic imine (C=N–C) groups is 1. The first-order valence-electron chi connectivity index (χ1n) is 11.9. The van der Waals surface area contributed by atoms with E-state index in [1.54, 1.807) is 0 Å². The highest BCUT2D eigenvalue weighted by molar-refractivity contribution is 6.01. The molecule has 2 heteroatoms. The van der Waals surface area contributed by atoms with Crippen molar-refractivity contribution in [2.24, 2.45) is 4.99 Å². The van der Waals surface area contributed by atoms with Gasteiger partial charge in [0.25, 0.3) is 0 Å². The third-order valence-electron chi connectivity index (χ3n) is 5.41. The van der Waals surface area contributed by atoms with Crippen molar-refractivity contribution < 1.29 is 0 Å². The van der Waals surface area contributed by atoms with Crippen LogP contribution in [0, 0.1) is 0 Å². The van der Waals surface area contributed by atoms with Crippen LogP contribution in [0.25, 0.3) is 0 Å². The maximum atomic E-state index is 5.10. The van der Waals surface area contributed by atoms with Gasteiger partial charge in [0.1, 0.15) is 0 Å². The molecule has 0 aliphatic rings. The summed E-state index contributed by atoms with van der Waals surface area (Å²) in [6.07, 6.45) is 12.1. The van der Waals surface area contributed by atoms with Gasteiger partial charge in [-0.25, -0.2) is 0 Å². The van der Waals surface area contributed by atoms with Crippen LogP contribution in [0.2, 0.25) is 0 Å². The zero-order valence-electron chi connectivity index (χ0n) is 22.4. The molecule has 0 heterocycles. The average Bonchev–Trinajstić information content (AvgIpc) is 2.75. The monoisotopic (exact) mass is 444 g/mol. The lowest BCUT2D eigenvalue weighted by Gasteiger charge is -2.25. The molecule has 0 unspecified atom stereocenters. The average molecular weight is 445 g/mol. The van der Waals surface area contributed by atoms with Gasteiger partial charge >= 0.3 is 0 Å². The second-order valence-electron chi connectivity index (χ2n) is 9.76. The third kappa shape index (κ3) is 9.26. The predicted molar refractivity (Wildman–Crippen MR) is 149 cm³/mol. The minimum absolute atomic E-state index is 0.131. The van der Waals surface area contributed by atoms with Crippen LogP contribution in [0.5, 0.6) is 0 Å². The Bertz CT molecular complexity index is 967. The van der Waals surface area contributed by atoms with Gasteiger partial charge in [0, 0.05) is 18.5 Å². The molecule has 0 amide bonds. The van der Waals surface area contributed by atoms with Gasteiger partial charge in [-0.1, -0.05) is 101 Å². The number of allylic oxidation sites excluding steroid dienone is 8. The van der Waals surface area contributed by atoms with Crippen LogP contribution in [0.3, 0.4) is 0 Å². The topological polar surface area (TPSA) is 15.6 Å². The highest BCUT2D eigenvalue weighted by Crippen LogP contribution is 2.25. The molecule has 0 radical (unpaired) electrons. The lowest BCUT2D eigenvalue weighted by atomic mass is 9.86. The minimum atomic E-state index is 0.131. The van der Waals surface area contributed by atoms with E-state index >= 15 is 0 Å². The number of rotatable bonds is 10. The molecular formula is C31H44N2. The second kappa shape index (κ2) is 13.0. The molecule has 1 aromatic carbocycles. The fourth-order valence-electron chi connectivity index (χ4n) is 3.23. The Morgan fingerprint density at radius 2 is 1.55 bits per heavy atom. The molecule has 0 atom stereocenters. The first-order chi connectivity index (χ1) is 15.4. The van der Waals surface area contributed by atoms with Crippen molar-refractivity contribution in [3.8, 4) is 0 Å². The Morgan fingerprint density at radius 3 is 2.00 bits per heavy atom. The number of hydrogen-bond donors (Lipinski definition) is 0. The molecule has 2 nitrogen and oxygen atoms in total. The van der Waals surface area contributed by atoms with Gasteiger partial charge in [0.2, 0.25) is 0 Å². The van der Waals surface area contributed by atoms with E-state index in [9.17, 15) is 0 Å². The van der Waals surface area contributed by atoms with E-state index < -0.39 is 0 Å². The van der Waals surface area contributed by atoms with E-state index in [0.29, 0.717) is 0 Å². The Hall–Kier alpha value is -2.87. The van der Waals surface area contributed by atoms with E-state index in [1.165, 1.54) is 16.8 Å². The van der Waals surface area contributed by atoms with Crippen LogP contribution >= 0.6 is 0 Å². The van der Waals surface area contributed by atoms with Crippen molar-refractivity contribution in [1.82, 2.24) is 4.90 Å². The number of nitrogens with zero attached hydrogens (tertiary/aromatic N) is 2. The fraction of sp³-hybridized carbons (Fsp3) is 0.387. The van der Waals surface area contributed by atoms with E-state index in [0.717, 1.165) is 41.1 Å².